The summed E-state index contributed by atoms with van der Waals surface area (Å²) in [6.07, 6.45) is 0. The second kappa shape index (κ2) is 8.15. The van der Waals surface area contributed by atoms with E-state index in [1.54, 1.807) is 42.5 Å². The van der Waals surface area contributed by atoms with Crippen LogP contribution < -0.4 is 15.8 Å². The molecule has 0 spiro atoms. The Labute approximate surface area is 194 Å². The smallest absolute Gasteiger partial charge is 0.351 e. The van der Waals surface area contributed by atoms with E-state index in [4.69, 9.17) is 13.6 Å². The zero-order valence-corrected chi connectivity index (χ0v) is 18.8. The van der Waals surface area contributed by atoms with Crippen molar-refractivity contribution in [3.63, 3.8) is 0 Å². The van der Waals surface area contributed by atoms with Crippen LogP contribution in [0.3, 0.4) is 0 Å². The Morgan fingerprint density at radius 1 is 0.824 bits per heavy atom. The first-order valence-corrected chi connectivity index (χ1v) is 10.7. The molecule has 0 fully saturated rings. The predicted molar refractivity (Wildman–Crippen MR) is 130 cm³/mol. The minimum Gasteiger partial charge on any atom is -0.452 e. The monoisotopic (exact) mass is 452 g/mol. The third-order valence-electron chi connectivity index (χ3n) is 5.65. The second-order valence-electron chi connectivity index (χ2n) is 8.29. The van der Waals surface area contributed by atoms with E-state index < -0.39 is 17.0 Å². The number of ether oxygens (including phenoxy) is 1. The lowest BCUT2D eigenvalue weighted by atomic mass is 10.0. The third kappa shape index (κ3) is 3.69. The summed E-state index contributed by atoms with van der Waals surface area (Å²) in [5, 5.41) is 0.853. The first-order chi connectivity index (χ1) is 16.3. The highest BCUT2D eigenvalue weighted by Gasteiger charge is 2.24. The normalized spacial score (nSPS) is 11.1. The number of fused-ring (bicyclic) bond motifs is 2. The molecular formula is C28H20O6. The van der Waals surface area contributed by atoms with E-state index in [0.717, 1.165) is 16.7 Å². The molecule has 2 aromatic heterocycles. The number of hydrogen-bond acceptors (Lipinski definition) is 6. The molecule has 0 aliphatic rings. The molecule has 0 saturated heterocycles. The van der Waals surface area contributed by atoms with Crippen LogP contribution in [0.25, 0.3) is 33.3 Å². The molecule has 168 valence electrons. The van der Waals surface area contributed by atoms with Gasteiger partial charge in [0.05, 0.1) is 5.39 Å². The second-order valence-corrected chi connectivity index (χ2v) is 8.29. The van der Waals surface area contributed by atoms with Crippen molar-refractivity contribution in [1.29, 1.82) is 0 Å². The SMILES string of the molecule is Cc1ccc(-c2oc3c(C)cc(C)cc3c(=O)c2OC(=O)c2cc3ccccc3oc2=O)cc1. The van der Waals surface area contributed by atoms with Crippen LogP contribution in [0.2, 0.25) is 0 Å². The summed E-state index contributed by atoms with van der Waals surface area (Å²) in [4.78, 5) is 39.1. The molecule has 3 aromatic carbocycles. The van der Waals surface area contributed by atoms with Crippen LogP contribution in [0.15, 0.2) is 85.2 Å². The zero-order valence-electron chi connectivity index (χ0n) is 18.8. The van der Waals surface area contributed by atoms with Crippen LogP contribution in [-0.4, -0.2) is 5.97 Å². The maximum absolute atomic E-state index is 13.5. The molecule has 0 bridgehead atoms. The van der Waals surface area contributed by atoms with Crippen LogP contribution in [0.4, 0.5) is 0 Å². The summed E-state index contributed by atoms with van der Waals surface area (Å²) < 4.78 is 17.0. The van der Waals surface area contributed by atoms with Crippen molar-refractivity contribution >= 4 is 27.9 Å². The number of esters is 1. The summed E-state index contributed by atoms with van der Waals surface area (Å²) in [6.45, 7) is 5.65. The van der Waals surface area contributed by atoms with Gasteiger partial charge in [0.2, 0.25) is 11.2 Å². The largest absolute Gasteiger partial charge is 0.452 e. The number of carbonyl (C=O) groups excluding carboxylic acids is 1. The number of aryl methyl sites for hydroxylation is 3. The van der Waals surface area contributed by atoms with Gasteiger partial charge in [-0.2, -0.15) is 0 Å². The van der Waals surface area contributed by atoms with E-state index in [-0.39, 0.29) is 17.1 Å². The minimum atomic E-state index is -0.996. The van der Waals surface area contributed by atoms with Gasteiger partial charge in [-0.25, -0.2) is 9.59 Å². The van der Waals surface area contributed by atoms with Crippen molar-refractivity contribution < 1.29 is 18.4 Å². The zero-order chi connectivity index (χ0) is 24.0. The lowest BCUT2D eigenvalue weighted by Gasteiger charge is -2.12. The van der Waals surface area contributed by atoms with Crippen LogP contribution >= 0.6 is 0 Å². The standard InChI is InChI=1S/C28H20O6/c1-15-8-10-18(11-9-15)25-26(23(29)20-13-16(2)12-17(3)24(20)33-25)34-28(31)21-14-19-6-4-5-7-22(19)32-27(21)30/h4-14H,1-3H3. The van der Waals surface area contributed by atoms with E-state index in [1.165, 1.54) is 6.07 Å². The minimum absolute atomic E-state index is 0.114. The number of para-hydroxylation sites is 1. The molecule has 0 aliphatic carbocycles. The Balaban J connectivity index is 1.71. The van der Waals surface area contributed by atoms with Crippen molar-refractivity contribution in [2.24, 2.45) is 0 Å². The molecule has 0 N–H and O–H groups in total. The van der Waals surface area contributed by atoms with Gasteiger partial charge in [-0.1, -0.05) is 54.1 Å². The van der Waals surface area contributed by atoms with Gasteiger partial charge in [0, 0.05) is 10.9 Å². The molecule has 5 rings (SSSR count). The molecule has 0 saturated carbocycles. The maximum atomic E-state index is 13.5. The molecule has 6 nitrogen and oxygen atoms in total. The highest BCUT2D eigenvalue weighted by atomic mass is 16.5. The molecule has 0 aliphatic heterocycles. The third-order valence-corrected chi connectivity index (χ3v) is 5.65. The summed E-state index contributed by atoms with van der Waals surface area (Å²) >= 11 is 0. The van der Waals surface area contributed by atoms with Crippen LogP contribution in [0.5, 0.6) is 5.75 Å². The summed E-state index contributed by atoms with van der Waals surface area (Å²) in [6, 6.07) is 19.1. The molecule has 34 heavy (non-hydrogen) atoms. The van der Waals surface area contributed by atoms with Gasteiger partial charge in [-0.05, 0) is 50.1 Å². The molecule has 0 unspecified atom stereocenters. The van der Waals surface area contributed by atoms with E-state index >= 15 is 0 Å². The maximum Gasteiger partial charge on any atom is 0.351 e. The lowest BCUT2D eigenvalue weighted by Crippen LogP contribution is -2.22. The van der Waals surface area contributed by atoms with Crippen molar-refractivity contribution in [2.45, 2.75) is 20.8 Å². The topological polar surface area (TPSA) is 86.7 Å². The molecule has 0 radical (unpaired) electrons. The fourth-order valence-corrected chi connectivity index (χ4v) is 3.97. The Bertz CT molecular complexity index is 1700. The van der Waals surface area contributed by atoms with Crippen molar-refractivity contribution in [3.05, 3.63) is 110 Å². The van der Waals surface area contributed by atoms with Crippen molar-refractivity contribution in [1.82, 2.24) is 0 Å². The van der Waals surface area contributed by atoms with E-state index in [0.29, 0.717) is 27.5 Å². The van der Waals surface area contributed by atoms with E-state index in [9.17, 15) is 14.4 Å². The lowest BCUT2D eigenvalue weighted by molar-refractivity contribution is 0.0727. The van der Waals surface area contributed by atoms with Gasteiger partial charge in [0.15, 0.2) is 5.76 Å². The first kappa shape index (κ1) is 21.4. The summed E-state index contributed by atoms with van der Waals surface area (Å²) in [5.74, 6) is -1.16. The summed E-state index contributed by atoms with van der Waals surface area (Å²) in [7, 11) is 0. The predicted octanol–water partition coefficient (Wildman–Crippen LogP) is 5.71. The number of hydrogen-bond donors (Lipinski definition) is 0. The van der Waals surface area contributed by atoms with Crippen LogP contribution in [0.1, 0.15) is 27.0 Å². The highest BCUT2D eigenvalue weighted by Crippen LogP contribution is 2.33. The number of carbonyl (C=O) groups is 1. The molecule has 6 heteroatoms. The highest BCUT2D eigenvalue weighted by molar-refractivity contribution is 5.95. The summed E-state index contributed by atoms with van der Waals surface area (Å²) in [5.41, 5.74) is 2.34. The average molecular weight is 452 g/mol. The Kier molecular flexibility index (Phi) is 5.13. The van der Waals surface area contributed by atoms with Gasteiger partial charge in [0.1, 0.15) is 16.7 Å². The van der Waals surface area contributed by atoms with E-state index in [1.807, 2.05) is 39.0 Å². The van der Waals surface area contributed by atoms with Crippen LogP contribution in [-0.2, 0) is 0 Å². The molecule has 0 amide bonds. The van der Waals surface area contributed by atoms with Crippen molar-refractivity contribution in [3.8, 4) is 17.1 Å². The molecular weight excluding hydrogens is 432 g/mol. The molecule has 2 heterocycles. The Morgan fingerprint density at radius 3 is 2.32 bits per heavy atom. The number of benzene rings is 3. The first-order valence-electron chi connectivity index (χ1n) is 10.7. The van der Waals surface area contributed by atoms with Crippen LogP contribution in [0, 0.1) is 20.8 Å². The van der Waals surface area contributed by atoms with Gasteiger partial charge < -0.3 is 13.6 Å². The van der Waals surface area contributed by atoms with Gasteiger partial charge in [-0.3, -0.25) is 4.79 Å². The Morgan fingerprint density at radius 2 is 1.56 bits per heavy atom. The average Bonchev–Trinajstić information content (AvgIpc) is 2.81. The molecule has 5 aromatic rings. The quantitative estimate of drug-likeness (QED) is 0.257. The fourth-order valence-electron chi connectivity index (χ4n) is 3.97. The Hall–Kier alpha value is -4.45. The number of rotatable bonds is 3. The van der Waals surface area contributed by atoms with Gasteiger partial charge in [-0.15, -0.1) is 0 Å². The van der Waals surface area contributed by atoms with Crippen molar-refractivity contribution in [2.75, 3.05) is 0 Å². The van der Waals surface area contributed by atoms with Gasteiger partial charge in [0.25, 0.3) is 0 Å². The fraction of sp³-hybridized carbons (Fsp3) is 0.107. The van der Waals surface area contributed by atoms with E-state index in [2.05, 4.69) is 0 Å². The molecule has 0 atom stereocenters. The van der Waals surface area contributed by atoms with Gasteiger partial charge >= 0.3 is 11.6 Å².